The summed E-state index contributed by atoms with van der Waals surface area (Å²) >= 11 is 0. The van der Waals surface area contributed by atoms with Gasteiger partial charge in [0.25, 0.3) is 10.0 Å². The van der Waals surface area contributed by atoms with Crippen molar-refractivity contribution < 1.29 is 27.9 Å². The SMILES string of the molecule is CCOC(=O)[C@@H]1CCCN(c2ncc(C(=O)O)cc2NS(=O)(=O)c2ccccc2)C1. The number of nitrogens with zero attached hydrogens (tertiary/aromatic N) is 2. The van der Waals surface area contributed by atoms with Gasteiger partial charge in [-0.1, -0.05) is 18.2 Å². The van der Waals surface area contributed by atoms with E-state index in [2.05, 4.69) is 9.71 Å². The second kappa shape index (κ2) is 9.12. The molecule has 0 aliphatic carbocycles. The fourth-order valence-electron chi connectivity index (χ4n) is 3.33. The van der Waals surface area contributed by atoms with E-state index in [0.29, 0.717) is 25.9 Å². The molecule has 0 unspecified atom stereocenters. The highest BCUT2D eigenvalue weighted by molar-refractivity contribution is 7.92. The number of nitrogens with one attached hydrogen (secondary N) is 1. The molecule has 10 heteroatoms. The first-order chi connectivity index (χ1) is 14.3. The number of hydrogen-bond acceptors (Lipinski definition) is 7. The molecule has 1 fully saturated rings. The molecule has 1 atom stereocenters. The van der Waals surface area contributed by atoms with Gasteiger partial charge in [-0.05, 0) is 38.0 Å². The maximum atomic E-state index is 12.8. The summed E-state index contributed by atoms with van der Waals surface area (Å²) in [5.74, 6) is -1.63. The van der Waals surface area contributed by atoms with Crippen LogP contribution in [-0.4, -0.2) is 50.1 Å². The summed E-state index contributed by atoms with van der Waals surface area (Å²) < 4.78 is 33.2. The fraction of sp³-hybridized carbons (Fsp3) is 0.350. The van der Waals surface area contributed by atoms with Gasteiger partial charge in [-0.2, -0.15) is 0 Å². The third-order valence-electron chi connectivity index (χ3n) is 4.75. The van der Waals surface area contributed by atoms with E-state index in [1.165, 1.54) is 24.4 Å². The molecule has 3 rings (SSSR count). The Hall–Kier alpha value is -3.14. The number of piperidine rings is 1. The lowest BCUT2D eigenvalue weighted by Gasteiger charge is -2.33. The molecule has 2 aromatic rings. The number of benzene rings is 1. The van der Waals surface area contributed by atoms with E-state index in [1.807, 2.05) is 0 Å². The van der Waals surface area contributed by atoms with E-state index in [-0.39, 0.29) is 40.5 Å². The van der Waals surface area contributed by atoms with Crippen LogP contribution >= 0.6 is 0 Å². The van der Waals surface area contributed by atoms with Crippen molar-refractivity contribution >= 4 is 33.5 Å². The molecule has 0 bridgehead atoms. The molecule has 1 aliphatic heterocycles. The van der Waals surface area contributed by atoms with Gasteiger partial charge in [-0.3, -0.25) is 9.52 Å². The van der Waals surface area contributed by atoms with Crippen molar-refractivity contribution in [1.82, 2.24) is 4.98 Å². The molecule has 1 aromatic heterocycles. The van der Waals surface area contributed by atoms with Gasteiger partial charge in [-0.15, -0.1) is 0 Å². The standard InChI is InChI=1S/C20H23N3O6S/c1-2-29-20(26)14-7-6-10-23(13-14)18-17(11-15(12-21-18)19(24)25)22-30(27,28)16-8-4-3-5-9-16/h3-5,8-9,11-12,14,22H,2,6-7,10,13H2,1H3,(H,24,25)/t14-/m1/s1. The highest BCUT2D eigenvalue weighted by atomic mass is 32.2. The lowest BCUT2D eigenvalue weighted by molar-refractivity contribution is -0.148. The Kier molecular flexibility index (Phi) is 6.56. The topological polar surface area (TPSA) is 126 Å². The van der Waals surface area contributed by atoms with E-state index < -0.39 is 16.0 Å². The highest BCUT2D eigenvalue weighted by Gasteiger charge is 2.30. The smallest absolute Gasteiger partial charge is 0.337 e. The van der Waals surface area contributed by atoms with Gasteiger partial charge in [0.15, 0.2) is 5.82 Å². The van der Waals surface area contributed by atoms with Gasteiger partial charge in [-0.25, -0.2) is 18.2 Å². The lowest BCUT2D eigenvalue weighted by atomic mass is 9.98. The number of pyridine rings is 1. The van der Waals surface area contributed by atoms with E-state index in [4.69, 9.17) is 4.74 Å². The molecule has 1 aliphatic rings. The third-order valence-corrected chi connectivity index (χ3v) is 6.13. The van der Waals surface area contributed by atoms with E-state index in [0.717, 1.165) is 0 Å². The van der Waals surface area contributed by atoms with Crippen LogP contribution in [0.2, 0.25) is 0 Å². The van der Waals surface area contributed by atoms with Gasteiger partial charge in [0.2, 0.25) is 0 Å². The summed E-state index contributed by atoms with van der Waals surface area (Å²) in [7, 11) is -3.96. The van der Waals surface area contributed by atoms with Crippen LogP contribution in [0.5, 0.6) is 0 Å². The van der Waals surface area contributed by atoms with Crippen LogP contribution in [0.1, 0.15) is 30.1 Å². The van der Waals surface area contributed by atoms with Crippen LogP contribution in [0.15, 0.2) is 47.5 Å². The number of carbonyl (C=O) groups is 2. The van der Waals surface area contributed by atoms with Crippen LogP contribution in [0.25, 0.3) is 0 Å². The van der Waals surface area contributed by atoms with Gasteiger partial charge < -0.3 is 14.7 Å². The first-order valence-corrected chi connectivity index (χ1v) is 11.0. The van der Waals surface area contributed by atoms with Crippen molar-refractivity contribution in [2.75, 3.05) is 29.3 Å². The Balaban J connectivity index is 1.95. The molecule has 1 saturated heterocycles. The average Bonchev–Trinajstić information content (AvgIpc) is 2.74. The second-order valence-electron chi connectivity index (χ2n) is 6.86. The number of ether oxygens (including phenoxy) is 1. The largest absolute Gasteiger partial charge is 0.478 e. The molecule has 0 radical (unpaired) electrons. The Labute approximate surface area is 174 Å². The first kappa shape index (κ1) is 21.6. The number of esters is 1. The van der Waals surface area contributed by atoms with Crippen LogP contribution in [0.3, 0.4) is 0 Å². The maximum absolute atomic E-state index is 12.8. The molecular weight excluding hydrogens is 410 g/mol. The number of carboxylic acid groups (broad SMARTS) is 1. The minimum atomic E-state index is -3.96. The molecule has 0 spiro atoms. The summed E-state index contributed by atoms with van der Waals surface area (Å²) in [6.07, 6.45) is 2.52. The lowest BCUT2D eigenvalue weighted by Crippen LogP contribution is -2.40. The monoisotopic (exact) mass is 433 g/mol. The maximum Gasteiger partial charge on any atom is 0.337 e. The summed E-state index contributed by atoms with van der Waals surface area (Å²) in [6, 6.07) is 8.99. The summed E-state index contributed by atoms with van der Waals surface area (Å²) in [5.41, 5.74) is -0.105. The van der Waals surface area contributed by atoms with Crippen molar-refractivity contribution in [2.24, 2.45) is 5.92 Å². The molecule has 160 valence electrons. The molecule has 0 amide bonds. The first-order valence-electron chi connectivity index (χ1n) is 9.54. The zero-order valence-electron chi connectivity index (χ0n) is 16.4. The number of carboxylic acids is 1. The summed E-state index contributed by atoms with van der Waals surface area (Å²) in [6.45, 7) is 2.87. The minimum Gasteiger partial charge on any atom is -0.478 e. The third kappa shape index (κ3) is 4.88. The van der Waals surface area contributed by atoms with Crippen LogP contribution in [0.4, 0.5) is 11.5 Å². The van der Waals surface area contributed by atoms with Gasteiger partial charge in [0.1, 0.15) is 0 Å². The van der Waals surface area contributed by atoms with Gasteiger partial charge in [0, 0.05) is 19.3 Å². The van der Waals surface area contributed by atoms with Crippen LogP contribution in [0, 0.1) is 5.92 Å². The number of carbonyl (C=O) groups excluding carboxylic acids is 1. The van der Waals surface area contributed by atoms with Crippen molar-refractivity contribution in [3.05, 3.63) is 48.2 Å². The summed E-state index contributed by atoms with van der Waals surface area (Å²) in [5, 5.41) is 9.31. The van der Waals surface area contributed by atoms with Gasteiger partial charge in [0.05, 0.1) is 28.7 Å². The van der Waals surface area contributed by atoms with Crippen molar-refractivity contribution in [3.8, 4) is 0 Å². The number of rotatable bonds is 7. The zero-order chi connectivity index (χ0) is 21.7. The quantitative estimate of drug-likeness (QED) is 0.638. The number of sulfonamides is 1. The highest BCUT2D eigenvalue weighted by Crippen LogP contribution is 2.31. The Morgan fingerprint density at radius 3 is 2.70 bits per heavy atom. The Morgan fingerprint density at radius 2 is 2.03 bits per heavy atom. The molecule has 2 N–H and O–H groups in total. The van der Waals surface area contributed by atoms with E-state index >= 15 is 0 Å². The molecule has 9 nitrogen and oxygen atoms in total. The molecule has 0 saturated carbocycles. The minimum absolute atomic E-state index is 0.0414. The fourth-order valence-corrected chi connectivity index (χ4v) is 4.40. The van der Waals surface area contributed by atoms with Gasteiger partial charge >= 0.3 is 11.9 Å². The Bertz CT molecular complexity index is 1030. The van der Waals surface area contributed by atoms with Crippen molar-refractivity contribution in [1.29, 1.82) is 0 Å². The zero-order valence-corrected chi connectivity index (χ0v) is 17.3. The predicted octanol–water partition coefficient (Wildman–Crippen LogP) is 2.36. The normalized spacial score (nSPS) is 16.7. The van der Waals surface area contributed by atoms with E-state index in [1.54, 1.807) is 30.0 Å². The Morgan fingerprint density at radius 1 is 1.30 bits per heavy atom. The summed E-state index contributed by atoms with van der Waals surface area (Å²) in [4.78, 5) is 29.6. The second-order valence-corrected chi connectivity index (χ2v) is 8.54. The number of aromatic nitrogens is 1. The predicted molar refractivity (Wildman–Crippen MR) is 110 cm³/mol. The molecule has 30 heavy (non-hydrogen) atoms. The number of hydrogen-bond donors (Lipinski definition) is 2. The average molecular weight is 433 g/mol. The molecule has 2 heterocycles. The number of aromatic carboxylic acids is 1. The van der Waals surface area contributed by atoms with E-state index in [9.17, 15) is 23.1 Å². The van der Waals surface area contributed by atoms with Crippen molar-refractivity contribution in [2.45, 2.75) is 24.7 Å². The molecular formula is C20H23N3O6S. The molecule has 1 aromatic carbocycles. The van der Waals surface area contributed by atoms with Crippen LogP contribution in [-0.2, 0) is 19.6 Å². The number of anilines is 2. The van der Waals surface area contributed by atoms with Crippen molar-refractivity contribution in [3.63, 3.8) is 0 Å². The van der Waals surface area contributed by atoms with Crippen LogP contribution < -0.4 is 9.62 Å².